The largest absolute Gasteiger partial charge is 0.481 e. The van der Waals surface area contributed by atoms with Gasteiger partial charge in [-0.15, -0.1) is 0 Å². The summed E-state index contributed by atoms with van der Waals surface area (Å²) in [7, 11) is 0. The van der Waals surface area contributed by atoms with E-state index in [9.17, 15) is 14.7 Å². The number of allylic oxidation sites excluding steroid dienone is 2. The third kappa shape index (κ3) is 3.45. The van der Waals surface area contributed by atoms with Gasteiger partial charge in [0.05, 0.1) is 5.41 Å². The minimum atomic E-state index is -0.579. The van der Waals surface area contributed by atoms with Gasteiger partial charge in [-0.3, -0.25) is 9.59 Å². The summed E-state index contributed by atoms with van der Waals surface area (Å²) in [5.74, 6) is 1.62. The van der Waals surface area contributed by atoms with Crippen LogP contribution in [0.4, 0.5) is 0 Å². The Morgan fingerprint density at radius 1 is 0.946 bits per heavy atom. The molecule has 0 amide bonds. The first-order valence-electron chi connectivity index (χ1n) is 15.3. The second-order valence-electron chi connectivity index (χ2n) is 15.3. The number of hydrogen-bond acceptors (Lipinski definition) is 3. The van der Waals surface area contributed by atoms with Crippen molar-refractivity contribution in [2.45, 2.75) is 126 Å². The predicted octanol–water partition coefficient (Wildman–Crippen LogP) is 8.05. The molecule has 4 nitrogen and oxygen atoms in total. The third-order valence-corrected chi connectivity index (χ3v) is 13.9. The van der Waals surface area contributed by atoms with Crippen molar-refractivity contribution in [1.29, 1.82) is 0 Å². The average Bonchev–Trinajstić information content (AvgIpc) is 2.83. The van der Waals surface area contributed by atoms with Crippen LogP contribution < -0.4 is 0 Å². The number of hydrogen-bond donors (Lipinski definition) is 1. The molecule has 4 fully saturated rings. The van der Waals surface area contributed by atoms with Crippen LogP contribution in [0.5, 0.6) is 0 Å². The van der Waals surface area contributed by atoms with Gasteiger partial charge in [0.15, 0.2) is 0 Å². The summed E-state index contributed by atoms with van der Waals surface area (Å²) in [5, 5.41) is 10.6. The molecule has 5 aliphatic carbocycles. The molecule has 5 aliphatic rings. The Kier molecular flexibility index (Phi) is 6.33. The van der Waals surface area contributed by atoms with Crippen LogP contribution >= 0.6 is 0 Å². The number of carbonyl (C=O) groups excluding carboxylic acids is 1. The van der Waals surface area contributed by atoms with Gasteiger partial charge < -0.3 is 9.84 Å². The van der Waals surface area contributed by atoms with Gasteiger partial charge in [-0.25, -0.2) is 0 Å². The molecule has 37 heavy (non-hydrogen) atoms. The summed E-state index contributed by atoms with van der Waals surface area (Å²) < 4.78 is 6.02. The van der Waals surface area contributed by atoms with Crippen molar-refractivity contribution in [3.05, 3.63) is 11.6 Å². The number of rotatable bonds is 3. The molecule has 5 rings (SSSR count). The summed E-state index contributed by atoms with van der Waals surface area (Å²) in [6.45, 7) is 18.9. The summed E-state index contributed by atoms with van der Waals surface area (Å²) >= 11 is 0. The van der Waals surface area contributed by atoms with Gasteiger partial charge in [0.2, 0.25) is 0 Å². The van der Waals surface area contributed by atoms with Gasteiger partial charge in [-0.05, 0) is 104 Å². The fraction of sp³-hybridized carbons (Fsp3) is 0.879. The van der Waals surface area contributed by atoms with Crippen molar-refractivity contribution >= 4 is 11.9 Å². The molecule has 1 N–H and O–H groups in total. The maximum absolute atomic E-state index is 12.9. The highest BCUT2D eigenvalue weighted by atomic mass is 16.5. The van der Waals surface area contributed by atoms with Crippen molar-refractivity contribution in [2.24, 2.45) is 56.7 Å². The van der Waals surface area contributed by atoms with E-state index in [2.05, 4.69) is 54.5 Å². The lowest BCUT2D eigenvalue weighted by Gasteiger charge is -2.71. The minimum absolute atomic E-state index is 0.00287. The van der Waals surface area contributed by atoms with Crippen LogP contribution in [0.1, 0.15) is 120 Å². The van der Waals surface area contributed by atoms with Crippen LogP contribution in [0.2, 0.25) is 0 Å². The molecule has 0 radical (unpaired) electrons. The molecular weight excluding hydrogens is 460 g/mol. The van der Waals surface area contributed by atoms with Gasteiger partial charge in [0.1, 0.15) is 6.10 Å². The highest BCUT2D eigenvalue weighted by molar-refractivity contribution is 5.76. The fourth-order valence-corrected chi connectivity index (χ4v) is 11.3. The molecule has 4 heteroatoms. The van der Waals surface area contributed by atoms with Gasteiger partial charge in [0.25, 0.3) is 0 Å². The Hall–Kier alpha value is -1.32. The van der Waals surface area contributed by atoms with E-state index < -0.39 is 11.4 Å². The quantitative estimate of drug-likeness (QED) is 0.307. The number of fused-ring (bicyclic) bond motifs is 7. The summed E-state index contributed by atoms with van der Waals surface area (Å²) in [6.07, 6.45) is 12.2. The number of carbonyl (C=O) groups is 2. The molecule has 0 spiro atoms. The lowest BCUT2D eigenvalue weighted by atomic mass is 9.33. The van der Waals surface area contributed by atoms with E-state index in [1.54, 1.807) is 0 Å². The van der Waals surface area contributed by atoms with Crippen molar-refractivity contribution in [3.8, 4) is 0 Å². The second kappa shape index (κ2) is 8.59. The highest BCUT2D eigenvalue weighted by Crippen LogP contribution is 2.75. The molecule has 0 aliphatic heterocycles. The SMILES string of the molecule is CCC(=O)O[C@H]1CC[C@]2(C)[C@H]3CC=C4C5[C@@H](C)[C@H](C)CC[C@]5(C(=O)O)CC[C@@]4(C)[C@]3(C)CC[C@H]2C1(C)C. The standard InChI is InChI=1S/C33H52O4/c1-9-26(34)37-25-14-15-30(6)23(29(25,4)5)13-16-32(8)24(30)11-10-22-27-21(3)20(2)12-17-33(27,28(35)36)19-18-31(22,32)7/h10,20-21,23-25,27H,9,11-19H2,1-8H3,(H,35,36)/t20-,21+,23+,24-,25+,27?,30+,31-,32-,33+/m1/s1. The molecule has 10 atom stereocenters. The number of aliphatic carboxylic acids is 1. The first kappa shape index (κ1) is 27.3. The van der Waals surface area contributed by atoms with Crippen LogP contribution in [-0.2, 0) is 14.3 Å². The zero-order valence-electron chi connectivity index (χ0n) is 24.8. The van der Waals surface area contributed by atoms with E-state index in [-0.39, 0.29) is 39.7 Å². The molecule has 0 heterocycles. The Balaban J connectivity index is 1.54. The maximum atomic E-state index is 12.9. The monoisotopic (exact) mass is 512 g/mol. The lowest BCUT2D eigenvalue weighted by Crippen LogP contribution is -2.65. The summed E-state index contributed by atoms with van der Waals surface area (Å²) in [6, 6.07) is 0. The smallest absolute Gasteiger partial charge is 0.310 e. The van der Waals surface area contributed by atoms with E-state index in [1.807, 2.05) is 6.92 Å². The summed E-state index contributed by atoms with van der Waals surface area (Å²) in [5.41, 5.74) is 1.30. The second-order valence-corrected chi connectivity index (χ2v) is 15.3. The molecule has 0 saturated heterocycles. The molecule has 0 aromatic rings. The molecule has 0 bridgehead atoms. The minimum Gasteiger partial charge on any atom is -0.481 e. The fourth-order valence-electron chi connectivity index (χ4n) is 11.3. The lowest BCUT2D eigenvalue weighted by molar-refractivity contribution is -0.214. The van der Waals surface area contributed by atoms with Crippen LogP contribution in [0.25, 0.3) is 0 Å². The Labute approximate surface area is 225 Å². The molecule has 4 saturated carbocycles. The van der Waals surface area contributed by atoms with Crippen LogP contribution in [-0.4, -0.2) is 23.1 Å². The zero-order chi connectivity index (χ0) is 27.2. The number of esters is 1. The normalized spacial score (nSPS) is 50.4. The van der Waals surface area contributed by atoms with E-state index >= 15 is 0 Å². The van der Waals surface area contributed by atoms with Crippen LogP contribution in [0.3, 0.4) is 0 Å². The van der Waals surface area contributed by atoms with Gasteiger partial charge in [0, 0.05) is 11.8 Å². The molecular formula is C33H52O4. The van der Waals surface area contributed by atoms with Crippen molar-refractivity contribution in [3.63, 3.8) is 0 Å². The first-order chi connectivity index (χ1) is 17.2. The van der Waals surface area contributed by atoms with E-state index in [0.717, 1.165) is 44.9 Å². The first-order valence-corrected chi connectivity index (χ1v) is 15.3. The van der Waals surface area contributed by atoms with Gasteiger partial charge >= 0.3 is 11.9 Å². The van der Waals surface area contributed by atoms with Crippen LogP contribution in [0, 0.1) is 56.7 Å². The number of carboxylic acids is 1. The van der Waals surface area contributed by atoms with E-state index in [4.69, 9.17) is 4.74 Å². The maximum Gasteiger partial charge on any atom is 0.310 e. The Morgan fingerprint density at radius 3 is 2.30 bits per heavy atom. The number of carboxylic acid groups (broad SMARTS) is 1. The zero-order valence-corrected chi connectivity index (χ0v) is 24.8. The number of ether oxygens (including phenoxy) is 1. The Morgan fingerprint density at radius 2 is 1.65 bits per heavy atom. The molecule has 208 valence electrons. The molecule has 0 aromatic carbocycles. The van der Waals surface area contributed by atoms with Crippen LogP contribution in [0.15, 0.2) is 11.6 Å². The van der Waals surface area contributed by atoms with Gasteiger partial charge in [-0.2, -0.15) is 0 Å². The topological polar surface area (TPSA) is 63.6 Å². The highest BCUT2D eigenvalue weighted by Gasteiger charge is 2.69. The van der Waals surface area contributed by atoms with E-state index in [0.29, 0.717) is 30.1 Å². The molecule has 0 aromatic heterocycles. The van der Waals surface area contributed by atoms with Gasteiger partial charge in [-0.1, -0.05) is 67.0 Å². The Bertz CT molecular complexity index is 996. The van der Waals surface area contributed by atoms with Crippen molar-refractivity contribution in [2.75, 3.05) is 0 Å². The van der Waals surface area contributed by atoms with Crippen molar-refractivity contribution in [1.82, 2.24) is 0 Å². The molecule has 1 unspecified atom stereocenters. The predicted molar refractivity (Wildman–Crippen MR) is 147 cm³/mol. The van der Waals surface area contributed by atoms with E-state index in [1.165, 1.54) is 18.4 Å². The average molecular weight is 513 g/mol. The van der Waals surface area contributed by atoms with Crippen molar-refractivity contribution < 1.29 is 19.4 Å². The summed E-state index contributed by atoms with van der Waals surface area (Å²) in [4.78, 5) is 25.1. The third-order valence-electron chi connectivity index (χ3n) is 13.9.